The zero-order valence-corrected chi connectivity index (χ0v) is 11.9. The first kappa shape index (κ1) is 14.1. The standard InChI is InChI=1S/C14H24N4O/c1-3-17(4-2)10-5-8-15-13-14(19)18(11-9-16-13)12-6-7-12/h9,11-12H,3-8,10H2,1-2H3,(H,15,16). The first-order chi connectivity index (χ1) is 9.26. The van der Waals surface area contributed by atoms with Crippen molar-refractivity contribution in [3.8, 4) is 0 Å². The van der Waals surface area contributed by atoms with Gasteiger partial charge in [-0.3, -0.25) is 4.79 Å². The number of nitrogens with one attached hydrogen (secondary N) is 1. The smallest absolute Gasteiger partial charge is 0.293 e. The van der Waals surface area contributed by atoms with Crippen LogP contribution in [0.3, 0.4) is 0 Å². The number of anilines is 1. The summed E-state index contributed by atoms with van der Waals surface area (Å²) in [6, 6.07) is 0.409. The van der Waals surface area contributed by atoms with Crippen LogP contribution >= 0.6 is 0 Å². The molecule has 0 saturated heterocycles. The summed E-state index contributed by atoms with van der Waals surface area (Å²) in [6.45, 7) is 8.36. The maximum atomic E-state index is 12.1. The summed E-state index contributed by atoms with van der Waals surface area (Å²) in [5.74, 6) is 0.494. The molecule has 1 N–H and O–H groups in total. The van der Waals surface area contributed by atoms with Gasteiger partial charge in [0.2, 0.25) is 0 Å². The second-order valence-corrected chi connectivity index (χ2v) is 5.03. The first-order valence-corrected chi connectivity index (χ1v) is 7.29. The van der Waals surface area contributed by atoms with Gasteiger partial charge in [0.1, 0.15) is 0 Å². The second-order valence-electron chi connectivity index (χ2n) is 5.03. The van der Waals surface area contributed by atoms with Gasteiger partial charge in [0, 0.05) is 25.0 Å². The third kappa shape index (κ3) is 3.80. The maximum absolute atomic E-state index is 12.1. The Labute approximate surface area is 114 Å². The van der Waals surface area contributed by atoms with Crippen molar-refractivity contribution < 1.29 is 0 Å². The fraction of sp³-hybridized carbons (Fsp3) is 0.714. The minimum Gasteiger partial charge on any atom is -0.365 e. The summed E-state index contributed by atoms with van der Waals surface area (Å²) in [6.07, 6.45) is 6.77. The van der Waals surface area contributed by atoms with Crippen molar-refractivity contribution in [3.05, 3.63) is 22.7 Å². The van der Waals surface area contributed by atoms with Gasteiger partial charge in [0.25, 0.3) is 5.56 Å². The van der Waals surface area contributed by atoms with Gasteiger partial charge in [-0.2, -0.15) is 0 Å². The van der Waals surface area contributed by atoms with E-state index in [1.807, 2.05) is 0 Å². The van der Waals surface area contributed by atoms with Gasteiger partial charge in [-0.15, -0.1) is 0 Å². The van der Waals surface area contributed by atoms with E-state index in [1.54, 1.807) is 17.0 Å². The largest absolute Gasteiger partial charge is 0.365 e. The molecule has 2 rings (SSSR count). The molecular formula is C14H24N4O. The fourth-order valence-corrected chi connectivity index (χ4v) is 2.24. The van der Waals surface area contributed by atoms with Crippen molar-refractivity contribution in [2.24, 2.45) is 0 Å². The van der Waals surface area contributed by atoms with Crippen LogP contribution in [0.25, 0.3) is 0 Å². The summed E-state index contributed by atoms with van der Waals surface area (Å²) in [4.78, 5) is 18.6. The molecule has 1 heterocycles. The van der Waals surface area contributed by atoms with E-state index in [4.69, 9.17) is 0 Å². The molecular weight excluding hydrogens is 240 g/mol. The van der Waals surface area contributed by atoms with Crippen molar-refractivity contribution in [1.29, 1.82) is 0 Å². The van der Waals surface area contributed by atoms with E-state index in [9.17, 15) is 4.79 Å². The van der Waals surface area contributed by atoms with Crippen LogP contribution in [-0.2, 0) is 0 Å². The lowest BCUT2D eigenvalue weighted by Gasteiger charge is -2.17. The molecule has 0 unspecified atom stereocenters. The Balaban J connectivity index is 1.83. The van der Waals surface area contributed by atoms with Crippen molar-refractivity contribution >= 4 is 5.82 Å². The van der Waals surface area contributed by atoms with Crippen LogP contribution < -0.4 is 10.9 Å². The molecule has 1 aromatic rings. The third-order valence-electron chi connectivity index (χ3n) is 3.65. The number of aromatic nitrogens is 2. The van der Waals surface area contributed by atoms with Crippen molar-refractivity contribution in [2.75, 3.05) is 31.5 Å². The Bertz CT molecular complexity index is 449. The summed E-state index contributed by atoms with van der Waals surface area (Å²) in [5, 5.41) is 3.17. The van der Waals surface area contributed by atoms with E-state index < -0.39 is 0 Å². The molecule has 0 atom stereocenters. The van der Waals surface area contributed by atoms with Crippen LogP contribution in [0, 0.1) is 0 Å². The minimum absolute atomic E-state index is 0.0211. The van der Waals surface area contributed by atoms with Gasteiger partial charge in [-0.25, -0.2) is 4.98 Å². The predicted molar refractivity (Wildman–Crippen MR) is 77.7 cm³/mol. The average molecular weight is 264 g/mol. The van der Waals surface area contributed by atoms with Crippen molar-refractivity contribution in [3.63, 3.8) is 0 Å². The summed E-state index contributed by atoms with van der Waals surface area (Å²) in [7, 11) is 0. The number of hydrogen-bond acceptors (Lipinski definition) is 4. The quantitative estimate of drug-likeness (QED) is 0.726. The molecule has 5 heteroatoms. The van der Waals surface area contributed by atoms with E-state index in [2.05, 4.69) is 29.0 Å². The van der Waals surface area contributed by atoms with Crippen LogP contribution in [0.4, 0.5) is 5.82 Å². The molecule has 1 aliphatic carbocycles. The van der Waals surface area contributed by atoms with Gasteiger partial charge in [0.05, 0.1) is 0 Å². The molecule has 106 valence electrons. The zero-order chi connectivity index (χ0) is 13.7. The van der Waals surface area contributed by atoms with Gasteiger partial charge in [0.15, 0.2) is 5.82 Å². The molecule has 0 amide bonds. The van der Waals surface area contributed by atoms with Crippen LogP contribution in [0.5, 0.6) is 0 Å². The number of nitrogens with zero attached hydrogens (tertiary/aromatic N) is 3. The number of rotatable bonds is 8. The summed E-state index contributed by atoms with van der Waals surface area (Å²) < 4.78 is 1.81. The molecule has 0 aliphatic heterocycles. The van der Waals surface area contributed by atoms with Crippen LogP contribution in [0.15, 0.2) is 17.2 Å². The normalized spacial score (nSPS) is 14.9. The van der Waals surface area contributed by atoms with E-state index in [-0.39, 0.29) is 5.56 Å². The Morgan fingerprint density at radius 3 is 2.79 bits per heavy atom. The highest BCUT2D eigenvalue weighted by Crippen LogP contribution is 2.33. The zero-order valence-electron chi connectivity index (χ0n) is 11.9. The Hall–Kier alpha value is -1.36. The van der Waals surface area contributed by atoms with E-state index >= 15 is 0 Å². The Morgan fingerprint density at radius 1 is 1.42 bits per heavy atom. The summed E-state index contributed by atoms with van der Waals surface area (Å²) in [5.41, 5.74) is 0.0211. The van der Waals surface area contributed by atoms with Crippen molar-refractivity contribution in [2.45, 2.75) is 39.2 Å². The lowest BCUT2D eigenvalue weighted by molar-refractivity contribution is 0.303. The highest BCUT2D eigenvalue weighted by atomic mass is 16.1. The summed E-state index contributed by atoms with van der Waals surface area (Å²) >= 11 is 0. The predicted octanol–water partition coefficient (Wildman–Crippen LogP) is 1.72. The van der Waals surface area contributed by atoms with Crippen molar-refractivity contribution in [1.82, 2.24) is 14.5 Å². The molecule has 0 radical (unpaired) electrons. The molecule has 1 fully saturated rings. The maximum Gasteiger partial charge on any atom is 0.293 e. The lowest BCUT2D eigenvalue weighted by Crippen LogP contribution is -2.27. The van der Waals surface area contributed by atoms with Gasteiger partial charge in [-0.1, -0.05) is 13.8 Å². The molecule has 1 aliphatic rings. The Morgan fingerprint density at radius 2 is 2.16 bits per heavy atom. The molecule has 0 bridgehead atoms. The topological polar surface area (TPSA) is 50.2 Å². The highest BCUT2D eigenvalue weighted by molar-refractivity contribution is 5.31. The molecule has 1 aromatic heterocycles. The van der Waals surface area contributed by atoms with Crippen LogP contribution in [0.2, 0.25) is 0 Å². The number of hydrogen-bond donors (Lipinski definition) is 1. The monoisotopic (exact) mass is 264 g/mol. The van der Waals surface area contributed by atoms with E-state index in [0.29, 0.717) is 11.9 Å². The minimum atomic E-state index is 0.0211. The lowest BCUT2D eigenvalue weighted by atomic mass is 10.3. The first-order valence-electron chi connectivity index (χ1n) is 7.29. The van der Waals surface area contributed by atoms with Gasteiger partial charge in [-0.05, 0) is 38.9 Å². The third-order valence-corrected chi connectivity index (χ3v) is 3.65. The van der Waals surface area contributed by atoms with Crippen LogP contribution in [0.1, 0.15) is 39.2 Å². The van der Waals surface area contributed by atoms with E-state index in [1.165, 1.54) is 0 Å². The molecule has 5 nitrogen and oxygen atoms in total. The fourth-order valence-electron chi connectivity index (χ4n) is 2.24. The molecule has 1 saturated carbocycles. The Kier molecular flexibility index (Phi) is 4.96. The average Bonchev–Trinajstić information content (AvgIpc) is 3.25. The van der Waals surface area contributed by atoms with Gasteiger partial charge < -0.3 is 14.8 Å². The van der Waals surface area contributed by atoms with E-state index in [0.717, 1.165) is 45.4 Å². The SMILES string of the molecule is CCN(CC)CCCNc1nccn(C2CC2)c1=O. The van der Waals surface area contributed by atoms with Gasteiger partial charge >= 0.3 is 0 Å². The molecule has 0 spiro atoms. The second kappa shape index (κ2) is 6.70. The molecule has 19 heavy (non-hydrogen) atoms. The molecule has 0 aromatic carbocycles. The highest BCUT2D eigenvalue weighted by Gasteiger charge is 2.25. The van der Waals surface area contributed by atoms with Crippen LogP contribution in [-0.4, -0.2) is 40.6 Å².